The number of carbonyl (C=O) groups is 1. The fourth-order valence-corrected chi connectivity index (χ4v) is 4.42. The summed E-state index contributed by atoms with van der Waals surface area (Å²) in [6.45, 7) is 0.461. The van der Waals surface area contributed by atoms with E-state index in [0.29, 0.717) is 17.7 Å². The van der Waals surface area contributed by atoms with Gasteiger partial charge in [-0.3, -0.25) is 9.59 Å². The number of nitrogens with zero attached hydrogens (tertiary/aromatic N) is 1. The Hall–Kier alpha value is -3.08. The first-order chi connectivity index (χ1) is 13.7. The van der Waals surface area contributed by atoms with Gasteiger partial charge in [0.25, 0.3) is 5.91 Å². The molecular weight excluding hydrogens is 352 g/mol. The number of aromatic nitrogens is 1. The van der Waals surface area contributed by atoms with Gasteiger partial charge in [-0.2, -0.15) is 0 Å². The monoisotopic (exact) mass is 374 g/mol. The Morgan fingerprint density at radius 3 is 2.61 bits per heavy atom. The summed E-state index contributed by atoms with van der Waals surface area (Å²) in [6, 6.07) is 15.6. The van der Waals surface area contributed by atoms with Crippen LogP contribution in [0.5, 0.6) is 5.75 Å². The highest BCUT2D eigenvalue weighted by Gasteiger charge is 2.27. The number of carbonyl (C=O) groups excluding carboxylic acids is 1. The molecule has 0 spiro atoms. The van der Waals surface area contributed by atoms with E-state index in [1.165, 1.54) is 0 Å². The molecule has 5 nitrogen and oxygen atoms in total. The number of hydrogen-bond acceptors (Lipinski definition) is 3. The van der Waals surface area contributed by atoms with Crippen LogP contribution in [0.25, 0.3) is 10.9 Å². The Bertz CT molecular complexity index is 1100. The predicted molar refractivity (Wildman–Crippen MR) is 108 cm³/mol. The molecule has 1 aliphatic heterocycles. The molecular formula is C23H22N2O3. The zero-order chi connectivity index (χ0) is 19.1. The van der Waals surface area contributed by atoms with Gasteiger partial charge in [-0.15, -0.1) is 0 Å². The van der Waals surface area contributed by atoms with Crippen molar-refractivity contribution in [2.75, 3.05) is 6.61 Å². The van der Waals surface area contributed by atoms with Crippen molar-refractivity contribution >= 4 is 16.8 Å². The molecule has 0 radical (unpaired) electrons. The Morgan fingerprint density at radius 1 is 1.04 bits per heavy atom. The molecule has 0 bridgehead atoms. The number of ether oxygens (including phenoxy) is 1. The fraction of sp³-hybridized carbons (Fsp3) is 0.304. The minimum Gasteiger partial charge on any atom is -0.489 e. The van der Waals surface area contributed by atoms with Crippen LogP contribution in [0, 0.1) is 0 Å². The molecule has 1 saturated carbocycles. The Kier molecular flexibility index (Phi) is 4.15. The highest BCUT2D eigenvalue weighted by Crippen LogP contribution is 2.34. The van der Waals surface area contributed by atoms with Gasteiger partial charge >= 0.3 is 0 Å². The van der Waals surface area contributed by atoms with E-state index >= 15 is 0 Å². The van der Waals surface area contributed by atoms with Crippen LogP contribution in [0.1, 0.15) is 47.6 Å². The van der Waals surface area contributed by atoms with Crippen molar-refractivity contribution in [2.45, 2.75) is 37.8 Å². The zero-order valence-corrected chi connectivity index (χ0v) is 15.6. The first-order valence-electron chi connectivity index (χ1n) is 9.89. The Balaban J connectivity index is 1.66. The van der Waals surface area contributed by atoms with Crippen molar-refractivity contribution in [3.05, 3.63) is 76.1 Å². The summed E-state index contributed by atoms with van der Waals surface area (Å²) in [6.07, 6.45) is 5.95. The van der Waals surface area contributed by atoms with Gasteiger partial charge in [-0.1, -0.05) is 49.2 Å². The number of rotatable bonds is 3. The van der Waals surface area contributed by atoms with Crippen molar-refractivity contribution in [1.82, 2.24) is 9.88 Å². The summed E-state index contributed by atoms with van der Waals surface area (Å²) in [5.74, 6) is 0.413. The SMILES string of the molecule is O=C(NC1CCCC1)c1cn2c3c(cccc3c1=O)OCC2c1ccccc1. The highest BCUT2D eigenvalue weighted by molar-refractivity contribution is 5.98. The van der Waals surface area contributed by atoms with Crippen molar-refractivity contribution in [1.29, 1.82) is 0 Å². The average molecular weight is 374 g/mol. The number of hydrogen-bond donors (Lipinski definition) is 1. The maximum Gasteiger partial charge on any atom is 0.256 e. The van der Waals surface area contributed by atoms with Gasteiger partial charge in [0.15, 0.2) is 0 Å². The fourth-order valence-electron chi connectivity index (χ4n) is 4.42. The van der Waals surface area contributed by atoms with Crippen LogP contribution in [-0.2, 0) is 0 Å². The van der Waals surface area contributed by atoms with Gasteiger partial charge in [0.1, 0.15) is 17.9 Å². The van der Waals surface area contributed by atoms with Crippen LogP contribution >= 0.6 is 0 Å². The first kappa shape index (κ1) is 17.0. The molecule has 1 aliphatic carbocycles. The first-order valence-corrected chi connectivity index (χ1v) is 9.89. The lowest BCUT2D eigenvalue weighted by Gasteiger charge is -2.29. The third-order valence-corrected chi connectivity index (χ3v) is 5.87. The van der Waals surface area contributed by atoms with Crippen LogP contribution in [0.15, 0.2) is 59.5 Å². The quantitative estimate of drug-likeness (QED) is 0.761. The predicted octanol–water partition coefficient (Wildman–Crippen LogP) is 3.66. The molecule has 1 fully saturated rings. The summed E-state index contributed by atoms with van der Waals surface area (Å²) in [4.78, 5) is 26.0. The maximum atomic E-state index is 13.1. The lowest BCUT2D eigenvalue weighted by molar-refractivity contribution is 0.0936. The molecule has 1 aromatic heterocycles. The average Bonchev–Trinajstić information content (AvgIpc) is 3.24. The van der Waals surface area contributed by atoms with Gasteiger partial charge in [-0.25, -0.2) is 0 Å². The molecule has 0 saturated heterocycles. The molecule has 1 N–H and O–H groups in total. The van der Waals surface area contributed by atoms with E-state index in [-0.39, 0.29) is 29.0 Å². The van der Waals surface area contributed by atoms with Crippen LogP contribution in [0.4, 0.5) is 0 Å². The smallest absolute Gasteiger partial charge is 0.256 e. The summed E-state index contributed by atoms with van der Waals surface area (Å²) in [7, 11) is 0. The molecule has 142 valence electrons. The van der Waals surface area contributed by atoms with Crippen molar-refractivity contribution < 1.29 is 9.53 Å². The minimum absolute atomic E-state index is 0.0859. The lowest BCUT2D eigenvalue weighted by atomic mass is 10.0. The van der Waals surface area contributed by atoms with E-state index < -0.39 is 0 Å². The normalized spacial score (nSPS) is 18.8. The number of pyridine rings is 1. The van der Waals surface area contributed by atoms with Crippen LogP contribution in [0.3, 0.4) is 0 Å². The van der Waals surface area contributed by atoms with Crippen molar-refractivity contribution in [3.8, 4) is 5.75 Å². The van der Waals surface area contributed by atoms with E-state index in [2.05, 4.69) is 5.32 Å². The molecule has 5 rings (SSSR count). The second-order valence-electron chi connectivity index (χ2n) is 7.62. The molecule has 3 aromatic rings. The highest BCUT2D eigenvalue weighted by atomic mass is 16.5. The molecule has 1 unspecified atom stereocenters. The Morgan fingerprint density at radius 2 is 1.82 bits per heavy atom. The zero-order valence-electron chi connectivity index (χ0n) is 15.6. The summed E-state index contributed by atoms with van der Waals surface area (Å²) < 4.78 is 8.00. The van der Waals surface area contributed by atoms with Gasteiger partial charge in [0.05, 0.1) is 16.9 Å². The summed E-state index contributed by atoms with van der Waals surface area (Å²) in [5, 5.41) is 3.58. The van der Waals surface area contributed by atoms with Crippen LogP contribution in [0.2, 0.25) is 0 Å². The van der Waals surface area contributed by atoms with E-state index in [4.69, 9.17) is 4.74 Å². The van der Waals surface area contributed by atoms with Crippen molar-refractivity contribution in [3.63, 3.8) is 0 Å². The molecule has 2 aromatic carbocycles. The van der Waals surface area contributed by atoms with Gasteiger partial charge in [0.2, 0.25) is 5.43 Å². The number of para-hydroxylation sites is 1. The third-order valence-electron chi connectivity index (χ3n) is 5.87. The number of amides is 1. The van der Waals surface area contributed by atoms with Crippen LogP contribution < -0.4 is 15.5 Å². The third kappa shape index (κ3) is 2.78. The lowest BCUT2D eigenvalue weighted by Crippen LogP contribution is -2.37. The van der Waals surface area contributed by atoms with Crippen molar-refractivity contribution in [2.24, 2.45) is 0 Å². The summed E-state index contributed by atoms with van der Waals surface area (Å²) >= 11 is 0. The molecule has 2 aliphatic rings. The number of nitrogens with one attached hydrogen (secondary N) is 1. The molecule has 5 heteroatoms. The molecule has 1 amide bonds. The Labute approximate surface area is 162 Å². The van der Waals surface area contributed by atoms with Crippen LogP contribution in [-0.4, -0.2) is 23.1 Å². The van der Waals surface area contributed by atoms with Gasteiger partial charge in [0, 0.05) is 12.2 Å². The molecule has 2 heterocycles. The number of benzene rings is 2. The van der Waals surface area contributed by atoms with E-state index in [1.54, 1.807) is 12.3 Å². The minimum atomic E-state index is -0.272. The van der Waals surface area contributed by atoms with E-state index in [1.807, 2.05) is 47.0 Å². The second kappa shape index (κ2) is 6.82. The molecule has 1 atom stereocenters. The van der Waals surface area contributed by atoms with Gasteiger partial charge in [-0.05, 0) is 30.5 Å². The topological polar surface area (TPSA) is 60.3 Å². The van der Waals surface area contributed by atoms with Gasteiger partial charge < -0.3 is 14.6 Å². The molecule has 28 heavy (non-hydrogen) atoms. The van der Waals surface area contributed by atoms with E-state index in [9.17, 15) is 9.59 Å². The summed E-state index contributed by atoms with van der Waals surface area (Å²) in [5.41, 5.74) is 1.81. The van der Waals surface area contributed by atoms with E-state index in [0.717, 1.165) is 36.8 Å². The standard InChI is InChI=1S/C23H22N2O3/c26-22-17-11-6-12-20-21(17)25(19(14-28-20)15-7-2-1-3-8-15)13-18(22)23(27)24-16-9-4-5-10-16/h1-3,6-8,11-13,16,19H,4-5,9-10,14H2,(H,24,27). The second-order valence-corrected chi connectivity index (χ2v) is 7.62. The largest absolute Gasteiger partial charge is 0.489 e. The maximum absolute atomic E-state index is 13.1.